The highest BCUT2D eigenvalue weighted by Gasteiger charge is 2.30. The summed E-state index contributed by atoms with van der Waals surface area (Å²) in [5.41, 5.74) is 1.72. The highest BCUT2D eigenvalue weighted by Crippen LogP contribution is 2.30. The summed E-state index contributed by atoms with van der Waals surface area (Å²) in [6.45, 7) is 0. The average Bonchev–Trinajstić information content (AvgIpc) is 3.10. The van der Waals surface area contributed by atoms with Gasteiger partial charge in [0, 0.05) is 9.92 Å². The van der Waals surface area contributed by atoms with Crippen LogP contribution in [0.15, 0.2) is 80.2 Å². The molecule has 3 aromatic rings. The van der Waals surface area contributed by atoms with Crippen LogP contribution in [-0.4, -0.2) is 12.1 Å². The lowest BCUT2D eigenvalue weighted by molar-refractivity contribution is -0.137. The molecule has 150 valence electrons. The summed E-state index contributed by atoms with van der Waals surface area (Å²) in [5, 5.41) is 5.04. The molecule has 4 nitrogen and oxygen atoms in total. The normalized spacial score (nSPS) is 11.7. The van der Waals surface area contributed by atoms with Gasteiger partial charge in [0.2, 0.25) is 5.91 Å². The Morgan fingerprint density at radius 1 is 1.14 bits per heavy atom. The van der Waals surface area contributed by atoms with E-state index >= 15 is 0 Å². The molecule has 0 radical (unpaired) electrons. The second-order valence-electron chi connectivity index (χ2n) is 5.88. The summed E-state index contributed by atoms with van der Waals surface area (Å²) < 4.78 is 43.7. The van der Waals surface area contributed by atoms with Crippen molar-refractivity contribution in [2.24, 2.45) is 5.10 Å². The van der Waals surface area contributed by atoms with Crippen molar-refractivity contribution in [3.63, 3.8) is 0 Å². The maximum atomic E-state index is 12.7. The molecule has 1 amide bonds. The summed E-state index contributed by atoms with van der Waals surface area (Å²) in [4.78, 5) is 12.8. The van der Waals surface area contributed by atoms with Gasteiger partial charge in [0.25, 0.3) is 0 Å². The second-order valence-corrected chi connectivity index (χ2v) is 7.40. The van der Waals surface area contributed by atoms with Crippen molar-refractivity contribution in [2.45, 2.75) is 22.6 Å². The molecule has 9 heteroatoms. The van der Waals surface area contributed by atoms with Crippen molar-refractivity contribution in [2.75, 3.05) is 0 Å². The van der Waals surface area contributed by atoms with E-state index in [-0.39, 0.29) is 12.0 Å². The van der Waals surface area contributed by atoms with Crippen LogP contribution in [0.25, 0.3) is 0 Å². The third-order valence-electron chi connectivity index (χ3n) is 3.63. The lowest BCUT2D eigenvalue weighted by Crippen LogP contribution is -2.20. The summed E-state index contributed by atoms with van der Waals surface area (Å²) in [6, 6.07) is 15.3. The van der Waals surface area contributed by atoms with Crippen molar-refractivity contribution in [3.8, 4) is 0 Å². The van der Waals surface area contributed by atoms with E-state index in [0.29, 0.717) is 15.9 Å². The number of amides is 1. The van der Waals surface area contributed by atoms with Crippen LogP contribution in [-0.2, 0) is 17.4 Å². The van der Waals surface area contributed by atoms with Crippen LogP contribution in [0.2, 0.25) is 5.02 Å². The lowest BCUT2D eigenvalue weighted by Gasteiger charge is -2.08. The Labute approximate surface area is 173 Å². The molecule has 2 aromatic carbocycles. The average molecular weight is 439 g/mol. The first-order valence-corrected chi connectivity index (χ1v) is 9.50. The number of alkyl halides is 3. The smallest absolute Gasteiger partial charge is 0.416 e. The predicted octanol–water partition coefficient (Wildman–Crippen LogP) is 5.80. The zero-order valence-corrected chi connectivity index (χ0v) is 16.3. The number of nitrogens with zero attached hydrogens (tertiary/aromatic N) is 1. The highest BCUT2D eigenvalue weighted by atomic mass is 35.5. The van der Waals surface area contributed by atoms with Gasteiger partial charge in [-0.1, -0.05) is 41.6 Å². The number of hydrogen-bond acceptors (Lipinski definition) is 4. The number of benzene rings is 2. The molecule has 29 heavy (non-hydrogen) atoms. The Kier molecular flexibility index (Phi) is 6.66. The van der Waals surface area contributed by atoms with E-state index in [1.54, 1.807) is 24.3 Å². The van der Waals surface area contributed by atoms with Crippen LogP contribution in [0.3, 0.4) is 0 Å². The molecule has 0 saturated heterocycles. The molecule has 0 aliphatic rings. The first-order valence-electron chi connectivity index (χ1n) is 8.31. The highest BCUT2D eigenvalue weighted by molar-refractivity contribution is 7.99. The van der Waals surface area contributed by atoms with Gasteiger partial charge in [-0.05, 0) is 48.0 Å². The number of hydrazone groups is 1. The first kappa shape index (κ1) is 21.0. The predicted molar refractivity (Wildman–Crippen MR) is 105 cm³/mol. The SMILES string of the molecule is O=C(Cc1cccc(C(F)(F)F)c1)N/N=C/c1ccc(Sc2ccc(Cl)cc2)o1. The number of carbonyl (C=O) groups excluding carboxylic acids is 1. The van der Waals surface area contributed by atoms with Crippen LogP contribution >= 0.6 is 23.4 Å². The van der Waals surface area contributed by atoms with E-state index in [4.69, 9.17) is 16.0 Å². The van der Waals surface area contributed by atoms with Gasteiger partial charge < -0.3 is 4.42 Å². The van der Waals surface area contributed by atoms with E-state index in [9.17, 15) is 18.0 Å². The largest absolute Gasteiger partial charge is 0.448 e. The number of nitrogens with one attached hydrogen (secondary N) is 1. The van der Waals surface area contributed by atoms with Crippen LogP contribution in [0.1, 0.15) is 16.9 Å². The Balaban J connectivity index is 1.53. The van der Waals surface area contributed by atoms with Crippen LogP contribution < -0.4 is 5.43 Å². The molecule has 1 N–H and O–H groups in total. The van der Waals surface area contributed by atoms with E-state index in [1.165, 1.54) is 30.1 Å². The maximum Gasteiger partial charge on any atom is 0.416 e. The molecule has 0 fully saturated rings. The molecule has 0 atom stereocenters. The second kappa shape index (κ2) is 9.19. The van der Waals surface area contributed by atoms with Crippen LogP contribution in [0.5, 0.6) is 0 Å². The fraction of sp³-hybridized carbons (Fsp3) is 0.100. The number of furan rings is 1. The molecule has 0 bridgehead atoms. The molecule has 0 aliphatic carbocycles. The Morgan fingerprint density at radius 3 is 2.62 bits per heavy atom. The fourth-order valence-corrected chi connectivity index (χ4v) is 3.23. The molecule has 0 spiro atoms. The zero-order valence-electron chi connectivity index (χ0n) is 14.7. The summed E-state index contributed by atoms with van der Waals surface area (Å²) in [7, 11) is 0. The van der Waals surface area contributed by atoms with E-state index < -0.39 is 17.6 Å². The molecule has 0 unspecified atom stereocenters. The fourth-order valence-electron chi connectivity index (χ4n) is 2.33. The minimum Gasteiger partial charge on any atom is -0.448 e. The van der Waals surface area contributed by atoms with Crippen molar-refractivity contribution in [1.82, 2.24) is 5.43 Å². The lowest BCUT2D eigenvalue weighted by atomic mass is 10.1. The standard InChI is InChI=1S/C20H14ClF3N2O2S/c21-15-4-7-17(8-5-15)29-19-9-6-16(28-19)12-25-26-18(27)11-13-2-1-3-14(10-13)20(22,23)24/h1-10,12H,11H2,(H,26,27)/b25-12+. The zero-order chi connectivity index (χ0) is 20.9. The first-order chi connectivity index (χ1) is 13.8. The molecular formula is C20H14ClF3N2O2S. The molecule has 0 aliphatic heterocycles. The number of rotatable bonds is 6. The number of halogens is 4. The van der Waals surface area contributed by atoms with Gasteiger partial charge in [-0.3, -0.25) is 4.79 Å². The molecule has 3 rings (SSSR count). The molecular weight excluding hydrogens is 425 g/mol. The van der Waals surface area contributed by atoms with Crippen molar-refractivity contribution < 1.29 is 22.4 Å². The van der Waals surface area contributed by atoms with E-state index in [1.807, 2.05) is 12.1 Å². The number of hydrogen-bond donors (Lipinski definition) is 1. The van der Waals surface area contributed by atoms with Gasteiger partial charge in [0.05, 0.1) is 18.2 Å². The maximum absolute atomic E-state index is 12.7. The van der Waals surface area contributed by atoms with Crippen LogP contribution in [0.4, 0.5) is 13.2 Å². The third kappa shape index (κ3) is 6.40. The molecule has 1 heterocycles. The van der Waals surface area contributed by atoms with Gasteiger partial charge in [0.15, 0.2) is 5.09 Å². The van der Waals surface area contributed by atoms with E-state index in [0.717, 1.165) is 17.0 Å². The van der Waals surface area contributed by atoms with Crippen molar-refractivity contribution in [3.05, 3.63) is 82.6 Å². The topological polar surface area (TPSA) is 54.6 Å². The van der Waals surface area contributed by atoms with Crippen molar-refractivity contribution >= 4 is 35.5 Å². The van der Waals surface area contributed by atoms with Crippen LogP contribution in [0, 0.1) is 0 Å². The van der Waals surface area contributed by atoms with Gasteiger partial charge >= 0.3 is 6.18 Å². The Hall–Kier alpha value is -2.71. The third-order valence-corrected chi connectivity index (χ3v) is 4.81. The minimum atomic E-state index is -4.45. The van der Waals surface area contributed by atoms with Gasteiger partial charge in [-0.15, -0.1) is 0 Å². The van der Waals surface area contributed by atoms with Crippen molar-refractivity contribution in [1.29, 1.82) is 0 Å². The van der Waals surface area contributed by atoms with Gasteiger partial charge in [0.1, 0.15) is 5.76 Å². The van der Waals surface area contributed by atoms with Gasteiger partial charge in [-0.2, -0.15) is 18.3 Å². The van der Waals surface area contributed by atoms with E-state index in [2.05, 4.69) is 10.5 Å². The molecule has 1 aromatic heterocycles. The summed E-state index contributed by atoms with van der Waals surface area (Å²) in [6.07, 6.45) is -3.36. The monoisotopic (exact) mass is 438 g/mol. The number of carbonyl (C=O) groups is 1. The summed E-state index contributed by atoms with van der Waals surface area (Å²) in [5.74, 6) is -0.122. The summed E-state index contributed by atoms with van der Waals surface area (Å²) >= 11 is 7.24. The Morgan fingerprint density at radius 2 is 1.90 bits per heavy atom. The molecule has 0 saturated carbocycles. The quantitative estimate of drug-likeness (QED) is 0.391. The Bertz CT molecular complexity index is 1020. The minimum absolute atomic E-state index is 0.225. The van der Waals surface area contributed by atoms with Gasteiger partial charge in [-0.25, -0.2) is 5.43 Å².